The number of rotatable bonds is 2. The van der Waals surface area contributed by atoms with Crippen LogP contribution in [0.4, 0.5) is 0 Å². The molecular formula is C13H17IO. The summed E-state index contributed by atoms with van der Waals surface area (Å²) in [7, 11) is 0. The van der Waals surface area contributed by atoms with E-state index in [1.54, 1.807) is 0 Å². The van der Waals surface area contributed by atoms with Crippen LogP contribution < -0.4 is 0 Å². The molecule has 1 aromatic rings. The van der Waals surface area contributed by atoms with Gasteiger partial charge in [-0.05, 0) is 59.0 Å². The number of hydrogen-bond acceptors (Lipinski definition) is 1. The Bertz CT molecular complexity index is 346. The van der Waals surface area contributed by atoms with E-state index >= 15 is 0 Å². The summed E-state index contributed by atoms with van der Waals surface area (Å²) >= 11 is 2.32. The summed E-state index contributed by atoms with van der Waals surface area (Å²) in [4.78, 5) is 0. The zero-order chi connectivity index (χ0) is 11.1. The van der Waals surface area contributed by atoms with E-state index in [-0.39, 0.29) is 11.5 Å². The van der Waals surface area contributed by atoms with E-state index in [2.05, 4.69) is 60.7 Å². The van der Waals surface area contributed by atoms with Gasteiger partial charge in [0.05, 0.1) is 6.10 Å². The zero-order valence-electron chi connectivity index (χ0n) is 9.20. The van der Waals surface area contributed by atoms with Crippen LogP contribution in [-0.4, -0.2) is 11.2 Å². The monoisotopic (exact) mass is 316 g/mol. The fraction of sp³-hybridized carbons (Fsp3) is 0.538. The minimum atomic E-state index is -0.119. The molecule has 1 nitrogen and oxygen atoms in total. The van der Waals surface area contributed by atoms with E-state index < -0.39 is 0 Å². The molecule has 1 aliphatic carbocycles. The second kappa shape index (κ2) is 4.06. The van der Waals surface area contributed by atoms with Crippen LogP contribution >= 0.6 is 22.6 Å². The van der Waals surface area contributed by atoms with Gasteiger partial charge in [0.25, 0.3) is 0 Å². The number of aliphatic hydroxyl groups is 1. The zero-order valence-corrected chi connectivity index (χ0v) is 11.4. The van der Waals surface area contributed by atoms with Gasteiger partial charge in [-0.2, -0.15) is 0 Å². The van der Waals surface area contributed by atoms with Crippen molar-refractivity contribution in [1.29, 1.82) is 0 Å². The lowest BCUT2D eigenvalue weighted by Crippen LogP contribution is -2.49. The van der Waals surface area contributed by atoms with Crippen molar-refractivity contribution in [3.63, 3.8) is 0 Å². The van der Waals surface area contributed by atoms with Crippen molar-refractivity contribution in [3.8, 4) is 0 Å². The molecule has 0 saturated heterocycles. The van der Waals surface area contributed by atoms with Crippen molar-refractivity contribution < 1.29 is 5.11 Å². The number of hydrogen-bond donors (Lipinski definition) is 1. The van der Waals surface area contributed by atoms with E-state index in [1.165, 1.54) is 9.13 Å². The SMILES string of the molecule is CCC1(C)C(O)CC1c1ccc(I)cc1. The first kappa shape index (κ1) is 11.4. The van der Waals surface area contributed by atoms with Crippen molar-refractivity contribution in [2.75, 3.05) is 0 Å². The van der Waals surface area contributed by atoms with Crippen molar-refractivity contribution in [2.45, 2.75) is 38.7 Å². The molecule has 82 valence electrons. The third-order valence-electron chi connectivity index (χ3n) is 4.05. The number of aliphatic hydroxyl groups excluding tert-OH is 1. The number of halogens is 1. The third kappa shape index (κ3) is 1.82. The molecule has 0 aromatic heterocycles. The molecule has 1 N–H and O–H groups in total. The van der Waals surface area contributed by atoms with E-state index in [0.29, 0.717) is 5.92 Å². The van der Waals surface area contributed by atoms with Crippen LogP contribution in [0.15, 0.2) is 24.3 Å². The van der Waals surface area contributed by atoms with Crippen molar-refractivity contribution >= 4 is 22.6 Å². The van der Waals surface area contributed by atoms with Crippen molar-refractivity contribution in [3.05, 3.63) is 33.4 Å². The van der Waals surface area contributed by atoms with E-state index in [1.807, 2.05) is 0 Å². The molecule has 1 aromatic carbocycles. The molecule has 2 rings (SSSR count). The number of benzene rings is 1. The maximum Gasteiger partial charge on any atom is 0.0605 e. The highest BCUT2D eigenvalue weighted by Gasteiger charge is 2.49. The largest absolute Gasteiger partial charge is 0.393 e. The van der Waals surface area contributed by atoms with Gasteiger partial charge in [-0.15, -0.1) is 0 Å². The topological polar surface area (TPSA) is 20.2 Å². The summed E-state index contributed by atoms with van der Waals surface area (Å²) in [5, 5.41) is 9.85. The van der Waals surface area contributed by atoms with E-state index in [9.17, 15) is 5.11 Å². The second-order valence-corrected chi connectivity index (χ2v) is 5.96. The van der Waals surface area contributed by atoms with Gasteiger partial charge in [-0.1, -0.05) is 26.0 Å². The molecule has 2 heteroatoms. The van der Waals surface area contributed by atoms with Crippen LogP contribution in [0.3, 0.4) is 0 Å². The highest BCUT2D eigenvalue weighted by Crippen LogP contribution is 2.54. The van der Waals surface area contributed by atoms with Crippen molar-refractivity contribution in [2.24, 2.45) is 5.41 Å². The predicted molar refractivity (Wildman–Crippen MR) is 70.9 cm³/mol. The maximum absolute atomic E-state index is 9.85. The molecule has 0 radical (unpaired) electrons. The Morgan fingerprint density at radius 2 is 2.00 bits per heavy atom. The standard InChI is InChI=1S/C13H17IO/c1-3-13(2)11(8-12(13)15)9-4-6-10(14)7-5-9/h4-7,11-12,15H,3,8H2,1-2H3. The Morgan fingerprint density at radius 1 is 1.40 bits per heavy atom. The van der Waals surface area contributed by atoms with Crippen LogP contribution in [0.25, 0.3) is 0 Å². The molecule has 0 spiro atoms. The van der Waals surface area contributed by atoms with Gasteiger partial charge < -0.3 is 5.11 Å². The minimum Gasteiger partial charge on any atom is -0.393 e. The first-order valence-electron chi connectivity index (χ1n) is 5.51. The van der Waals surface area contributed by atoms with E-state index in [0.717, 1.165) is 12.8 Å². The summed E-state index contributed by atoms with van der Waals surface area (Å²) in [5.41, 5.74) is 1.47. The molecule has 0 aliphatic heterocycles. The Labute approximate surface area is 105 Å². The van der Waals surface area contributed by atoms with Gasteiger partial charge in [-0.3, -0.25) is 0 Å². The Balaban J connectivity index is 2.23. The van der Waals surface area contributed by atoms with Crippen LogP contribution in [0, 0.1) is 8.99 Å². The molecular weight excluding hydrogens is 299 g/mol. The molecule has 1 fully saturated rings. The van der Waals surface area contributed by atoms with Gasteiger partial charge in [0.2, 0.25) is 0 Å². The summed E-state index contributed by atoms with van der Waals surface area (Å²) in [5.74, 6) is 0.537. The summed E-state index contributed by atoms with van der Waals surface area (Å²) in [6.07, 6.45) is 1.85. The Hall–Kier alpha value is -0.0900. The fourth-order valence-electron chi connectivity index (χ4n) is 2.53. The average molecular weight is 316 g/mol. The third-order valence-corrected chi connectivity index (χ3v) is 4.77. The molecule has 15 heavy (non-hydrogen) atoms. The molecule has 3 unspecified atom stereocenters. The molecule has 3 atom stereocenters. The lowest BCUT2D eigenvalue weighted by atomic mass is 9.55. The van der Waals surface area contributed by atoms with Crippen LogP contribution in [0.5, 0.6) is 0 Å². The minimum absolute atomic E-state index is 0.0901. The molecule has 0 bridgehead atoms. The lowest BCUT2D eigenvalue weighted by Gasteiger charge is -2.51. The first-order valence-corrected chi connectivity index (χ1v) is 6.59. The van der Waals surface area contributed by atoms with Gasteiger partial charge in [0.1, 0.15) is 0 Å². The second-order valence-electron chi connectivity index (χ2n) is 4.72. The van der Waals surface area contributed by atoms with Crippen molar-refractivity contribution in [1.82, 2.24) is 0 Å². The molecule has 1 saturated carbocycles. The van der Waals surface area contributed by atoms with Gasteiger partial charge in [0.15, 0.2) is 0 Å². The smallest absolute Gasteiger partial charge is 0.0605 e. The Morgan fingerprint density at radius 3 is 2.47 bits per heavy atom. The fourth-order valence-corrected chi connectivity index (χ4v) is 2.89. The Kier molecular flexibility index (Phi) is 3.08. The summed E-state index contributed by atoms with van der Waals surface area (Å²) < 4.78 is 1.27. The first-order chi connectivity index (χ1) is 7.08. The van der Waals surface area contributed by atoms with Crippen LogP contribution in [-0.2, 0) is 0 Å². The van der Waals surface area contributed by atoms with Gasteiger partial charge in [0, 0.05) is 8.99 Å². The quantitative estimate of drug-likeness (QED) is 0.827. The average Bonchev–Trinajstić information content (AvgIpc) is 2.26. The van der Waals surface area contributed by atoms with E-state index in [4.69, 9.17) is 0 Å². The van der Waals surface area contributed by atoms with Crippen LogP contribution in [0.1, 0.15) is 38.2 Å². The van der Waals surface area contributed by atoms with Gasteiger partial charge >= 0.3 is 0 Å². The molecule has 1 aliphatic rings. The highest BCUT2D eigenvalue weighted by atomic mass is 127. The van der Waals surface area contributed by atoms with Crippen LogP contribution in [0.2, 0.25) is 0 Å². The lowest BCUT2D eigenvalue weighted by molar-refractivity contribution is -0.0777. The van der Waals surface area contributed by atoms with Gasteiger partial charge in [-0.25, -0.2) is 0 Å². The predicted octanol–water partition coefficient (Wildman–Crippen LogP) is 3.56. The maximum atomic E-state index is 9.85. The highest BCUT2D eigenvalue weighted by molar-refractivity contribution is 14.1. The summed E-state index contributed by atoms with van der Waals surface area (Å²) in [6.45, 7) is 4.37. The summed E-state index contributed by atoms with van der Waals surface area (Å²) in [6, 6.07) is 8.70. The molecule has 0 heterocycles. The molecule has 0 amide bonds. The normalized spacial score (nSPS) is 34.9.